The molecule has 0 saturated heterocycles. The van der Waals surface area contributed by atoms with E-state index >= 15 is 0 Å². The summed E-state index contributed by atoms with van der Waals surface area (Å²) in [4.78, 5) is 33.8. The van der Waals surface area contributed by atoms with Crippen LogP contribution in [0.5, 0.6) is 0 Å². The number of esters is 1. The maximum atomic E-state index is 12.6. The maximum absolute atomic E-state index is 12.6. The van der Waals surface area contributed by atoms with Crippen molar-refractivity contribution in [2.75, 3.05) is 13.7 Å². The van der Waals surface area contributed by atoms with E-state index in [1.807, 2.05) is 33.8 Å². The van der Waals surface area contributed by atoms with Crippen LogP contribution in [0.3, 0.4) is 0 Å². The highest BCUT2D eigenvalue weighted by Crippen LogP contribution is 2.09. The molecule has 0 unspecified atom stereocenters. The van der Waals surface area contributed by atoms with Gasteiger partial charge >= 0.3 is 5.97 Å². The standard InChI is InChI=1S/C14H19N5O3/c1-8(2)18(7-11(20)22-5)13(21)12-16-14-15-9(3)6-10(4)19(14)17-12/h6,8H,7H2,1-5H3. The quantitative estimate of drug-likeness (QED) is 0.775. The predicted molar refractivity (Wildman–Crippen MR) is 78.4 cm³/mol. The van der Waals surface area contributed by atoms with Crippen molar-refractivity contribution in [3.63, 3.8) is 0 Å². The Morgan fingerprint density at radius 1 is 1.32 bits per heavy atom. The highest BCUT2D eigenvalue weighted by molar-refractivity contribution is 5.93. The van der Waals surface area contributed by atoms with Crippen LogP contribution in [0.2, 0.25) is 0 Å². The SMILES string of the molecule is COC(=O)CN(C(=O)c1nc2nc(C)cc(C)n2n1)C(C)C. The predicted octanol–water partition coefficient (Wildman–Crippen LogP) is 0.765. The van der Waals surface area contributed by atoms with Gasteiger partial charge in [0.2, 0.25) is 5.82 Å². The highest BCUT2D eigenvalue weighted by Gasteiger charge is 2.26. The van der Waals surface area contributed by atoms with Crippen molar-refractivity contribution in [2.45, 2.75) is 33.7 Å². The van der Waals surface area contributed by atoms with Gasteiger partial charge in [-0.15, -0.1) is 5.10 Å². The molecule has 0 aromatic carbocycles. The molecule has 2 rings (SSSR count). The van der Waals surface area contributed by atoms with Gasteiger partial charge in [-0.2, -0.15) is 4.98 Å². The minimum atomic E-state index is -0.490. The molecular formula is C14H19N5O3. The molecule has 1 amide bonds. The van der Waals surface area contributed by atoms with E-state index in [1.54, 1.807) is 0 Å². The Kier molecular flexibility index (Phi) is 4.39. The third kappa shape index (κ3) is 3.05. The molecule has 0 N–H and O–H groups in total. The Hall–Kier alpha value is -2.51. The van der Waals surface area contributed by atoms with Gasteiger partial charge in [-0.3, -0.25) is 9.59 Å². The molecule has 0 bridgehead atoms. The van der Waals surface area contributed by atoms with E-state index in [0.29, 0.717) is 5.78 Å². The van der Waals surface area contributed by atoms with E-state index in [9.17, 15) is 9.59 Å². The van der Waals surface area contributed by atoms with Gasteiger partial charge in [0.05, 0.1) is 7.11 Å². The molecular weight excluding hydrogens is 286 g/mol. The number of aryl methyl sites for hydroxylation is 2. The second-order valence-electron chi connectivity index (χ2n) is 5.29. The molecule has 0 atom stereocenters. The highest BCUT2D eigenvalue weighted by atomic mass is 16.5. The summed E-state index contributed by atoms with van der Waals surface area (Å²) in [5, 5.41) is 4.19. The van der Waals surface area contributed by atoms with Crippen LogP contribution in [0, 0.1) is 13.8 Å². The molecule has 0 aliphatic carbocycles. The zero-order chi connectivity index (χ0) is 16.4. The summed E-state index contributed by atoms with van der Waals surface area (Å²) in [6.07, 6.45) is 0. The van der Waals surface area contributed by atoms with Gasteiger partial charge in [-0.05, 0) is 33.8 Å². The molecule has 2 aromatic rings. The summed E-state index contributed by atoms with van der Waals surface area (Å²) in [7, 11) is 1.28. The smallest absolute Gasteiger partial charge is 0.325 e. The van der Waals surface area contributed by atoms with Crippen LogP contribution in [-0.4, -0.2) is 56.1 Å². The molecule has 8 heteroatoms. The maximum Gasteiger partial charge on any atom is 0.325 e. The van der Waals surface area contributed by atoms with E-state index < -0.39 is 11.9 Å². The Balaban J connectivity index is 2.38. The number of hydrogen-bond donors (Lipinski definition) is 0. The summed E-state index contributed by atoms with van der Waals surface area (Å²) >= 11 is 0. The summed E-state index contributed by atoms with van der Waals surface area (Å²) < 4.78 is 6.13. The van der Waals surface area contributed by atoms with Crippen molar-refractivity contribution < 1.29 is 14.3 Å². The van der Waals surface area contributed by atoms with Gasteiger partial charge in [-0.25, -0.2) is 9.50 Å². The van der Waals surface area contributed by atoms with E-state index in [0.717, 1.165) is 11.4 Å². The first-order valence-corrected chi connectivity index (χ1v) is 6.92. The number of fused-ring (bicyclic) bond motifs is 1. The number of rotatable bonds is 4. The number of amides is 1. The van der Waals surface area contributed by atoms with E-state index in [-0.39, 0.29) is 18.4 Å². The first-order valence-electron chi connectivity index (χ1n) is 6.92. The lowest BCUT2D eigenvalue weighted by Gasteiger charge is -2.23. The molecule has 2 heterocycles. The summed E-state index contributed by atoms with van der Waals surface area (Å²) in [6.45, 7) is 7.18. The summed E-state index contributed by atoms with van der Waals surface area (Å²) in [6, 6.07) is 1.67. The molecule has 0 fully saturated rings. The number of aromatic nitrogens is 4. The molecule has 0 aliphatic rings. The Morgan fingerprint density at radius 3 is 2.59 bits per heavy atom. The first kappa shape index (κ1) is 15.9. The Bertz CT molecular complexity index is 723. The van der Waals surface area contributed by atoms with Crippen molar-refractivity contribution in [1.29, 1.82) is 0 Å². The number of methoxy groups -OCH3 is 1. The molecule has 8 nitrogen and oxygen atoms in total. The Morgan fingerprint density at radius 2 is 2.00 bits per heavy atom. The van der Waals surface area contributed by atoms with Gasteiger partial charge in [0, 0.05) is 17.4 Å². The zero-order valence-corrected chi connectivity index (χ0v) is 13.3. The molecule has 0 radical (unpaired) electrons. The van der Waals surface area contributed by atoms with E-state index in [4.69, 9.17) is 0 Å². The normalized spacial score (nSPS) is 11.0. The summed E-state index contributed by atoms with van der Waals surface area (Å²) in [5.74, 6) is -0.541. The lowest BCUT2D eigenvalue weighted by Crippen LogP contribution is -2.41. The monoisotopic (exact) mass is 305 g/mol. The first-order chi connectivity index (χ1) is 10.3. The zero-order valence-electron chi connectivity index (χ0n) is 13.3. The largest absolute Gasteiger partial charge is 0.468 e. The fraction of sp³-hybridized carbons (Fsp3) is 0.500. The van der Waals surface area contributed by atoms with Crippen LogP contribution in [0.25, 0.3) is 5.78 Å². The van der Waals surface area contributed by atoms with Crippen molar-refractivity contribution in [2.24, 2.45) is 0 Å². The third-order valence-electron chi connectivity index (χ3n) is 3.22. The van der Waals surface area contributed by atoms with Crippen LogP contribution in [0.4, 0.5) is 0 Å². The summed E-state index contributed by atoms with van der Waals surface area (Å²) in [5.41, 5.74) is 1.63. The second-order valence-corrected chi connectivity index (χ2v) is 5.29. The molecule has 118 valence electrons. The van der Waals surface area contributed by atoms with Crippen molar-refractivity contribution >= 4 is 17.7 Å². The van der Waals surface area contributed by atoms with Crippen molar-refractivity contribution in [3.8, 4) is 0 Å². The van der Waals surface area contributed by atoms with Gasteiger partial charge in [0.1, 0.15) is 6.54 Å². The third-order valence-corrected chi connectivity index (χ3v) is 3.22. The fourth-order valence-electron chi connectivity index (χ4n) is 2.08. The fourth-order valence-corrected chi connectivity index (χ4v) is 2.08. The Labute approximate surface area is 128 Å². The molecule has 2 aromatic heterocycles. The topological polar surface area (TPSA) is 89.7 Å². The van der Waals surface area contributed by atoms with Gasteiger partial charge in [0.25, 0.3) is 11.7 Å². The van der Waals surface area contributed by atoms with Crippen molar-refractivity contribution in [3.05, 3.63) is 23.3 Å². The van der Waals surface area contributed by atoms with Crippen LogP contribution in [-0.2, 0) is 9.53 Å². The van der Waals surface area contributed by atoms with Crippen LogP contribution in [0.1, 0.15) is 35.9 Å². The van der Waals surface area contributed by atoms with Gasteiger partial charge in [-0.1, -0.05) is 0 Å². The molecule has 0 spiro atoms. The van der Waals surface area contributed by atoms with Crippen LogP contribution >= 0.6 is 0 Å². The van der Waals surface area contributed by atoms with Crippen LogP contribution < -0.4 is 0 Å². The minimum Gasteiger partial charge on any atom is -0.468 e. The number of carbonyl (C=O) groups excluding carboxylic acids is 2. The van der Waals surface area contributed by atoms with Gasteiger partial charge in [0.15, 0.2) is 0 Å². The molecule has 22 heavy (non-hydrogen) atoms. The van der Waals surface area contributed by atoms with Crippen molar-refractivity contribution in [1.82, 2.24) is 24.5 Å². The average Bonchev–Trinajstić information content (AvgIpc) is 2.87. The number of ether oxygens (including phenoxy) is 1. The number of nitrogens with zero attached hydrogens (tertiary/aromatic N) is 5. The molecule has 0 aliphatic heterocycles. The average molecular weight is 305 g/mol. The molecule has 0 saturated carbocycles. The van der Waals surface area contributed by atoms with E-state index in [1.165, 1.54) is 16.5 Å². The number of hydrogen-bond acceptors (Lipinski definition) is 6. The second kappa shape index (κ2) is 6.08. The minimum absolute atomic E-state index is 0.0128. The van der Waals surface area contributed by atoms with E-state index in [2.05, 4.69) is 19.8 Å². The lowest BCUT2D eigenvalue weighted by atomic mass is 10.3. The van der Waals surface area contributed by atoms with Crippen LogP contribution in [0.15, 0.2) is 6.07 Å². The van der Waals surface area contributed by atoms with Gasteiger partial charge < -0.3 is 9.64 Å². The lowest BCUT2D eigenvalue weighted by molar-refractivity contribution is -0.141. The number of carbonyl (C=O) groups is 2.